The van der Waals surface area contributed by atoms with Gasteiger partial charge in [-0.2, -0.15) is 0 Å². The second-order valence-corrected chi connectivity index (χ2v) is 7.01. The summed E-state index contributed by atoms with van der Waals surface area (Å²) >= 11 is 0. The summed E-state index contributed by atoms with van der Waals surface area (Å²) in [5.74, 6) is 0. The highest BCUT2D eigenvalue weighted by Gasteiger charge is 2.33. The molecule has 0 spiro atoms. The van der Waals surface area contributed by atoms with Gasteiger partial charge in [-0.1, -0.05) is 73.5 Å². The molecule has 0 heteroatoms. The second-order valence-electron chi connectivity index (χ2n) is 7.01. The van der Waals surface area contributed by atoms with Crippen molar-refractivity contribution < 1.29 is 0 Å². The van der Waals surface area contributed by atoms with Gasteiger partial charge < -0.3 is 0 Å². The molecule has 0 fully saturated rings. The molecular weight excluding hydrogens is 264 g/mol. The van der Waals surface area contributed by atoms with Crippen LogP contribution in [0.1, 0.15) is 49.9 Å². The van der Waals surface area contributed by atoms with E-state index >= 15 is 0 Å². The first kappa shape index (κ1) is 14.8. The summed E-state index contributed by atoms with van der Waals surface area (Å²) in [6, 6.07) is 17.6. The quantitative estimate of drug-likeness (QED) is 0.599. The molecule has 112 valence electrons. The van der Waals surface area contributed by atoms with Crippen LogP contribution in [0.5, 0.6) is 0 Å². The summed E-state index contributed by atoms with van der Waals surface area (Å²) in [5, 5.41) is 0. The van der Waals surface area contributed by atoms with Gasteiger partial charge in [-0.3, -0.25) is 0 Å². The minimum Gasteiger partial charge on any atom is -0.0723 e. The van der Waals surface area contributed by atoms with E-state index in [1.54, 1.807) is 0 Å². The lowest BCUT2D eigenvalue weighted by Crippen LogP contribution is -2.25. The number of allylic oxidation sites excluding steroid dienone is 3. The predicted octanol–water partition coefficient (Wildman–Crippen LogP) is 6.05. The van der Waals surface area contributed by atoms with Crippen LogP contribution in [-0.4, -0.2) is 0 Å². The third-order valence-corrected chi connectivity index (χ3v) is 4.72. The van der Waals surface area contributed by atoms with Gasteiger partial charge in [-0.25, -0.2) is 0 Å². The van der Waals surface area contributed by atoms with E-state index in [2.05, 4.69) is 89.2 Å². The van der Waals surface area contributed by atoms with Crippen LogP contribution in [0.2, 0.25) is 0 Å². The number of benzene rings is 2. The van der Waals surface area contributed by atoms with Crippen molar-refractivity contribution in [3.05, 3.63) is 88.0 Å². The van der Waals surface area contributed by atoms with Crippen molar-refractivity contribution in [3.8, 4) is 0 Å². The molecule has 0 nitrogen and oxygen atoms in total. The van der Waals surface area contributed by atoms with Crippen molar-refractivity contribution in [2.75, 3.05) is 0 Å². The van der Waals surface area contributed by atoms with Crippen LogP contribution in [0, 0.1) is 6.92 Å². The largest absolute Gasteiger partial charge is 0.0723 e. The Bertz CT molecular complexity index is 767. The van der Waals surface area contributed by atoms with E-state index in [9.17, 15) is 0 Å². The molecule has 1 aliphatic rings. The first-order valence-electron chi connectivity index (χ1n) is 7.98. The lowest BCUT2D eigenvalue weighted by Gasteiger charge is -2.36. The van der Waals surface area contributed by atoms with Crippen LogP contribution in [0.15, 0.2) is 65.8 Å². The van der Waals surface area contributed by atoms with Crippen molar-refractivity contribution in [3.63, 3.8) is 0 Å². The number of hydrogen-bond donors (Lipinski definition) is 0. The van der Waals surface area contributed by atoms with Crippen molar-refractivity contribution in [1.29, 1.82) is 0 Å². The fourth-order valence-corrected chi connectivity index (χ4v) is 3.58. The molecule has 0 unspecified atom stereocenters. The average molecular weight is 288 g/mol. The topological polar surface area (TPSA) is 0 Å². The van der Waals surface area contributed by atoms with Gasteiger partial charge in [0.2, 0.25) is 0 Å². The molecule has 2 aromatic carbocycles. The Morgan fingerprint density at radius 2 is 1.59 bits per heavy atom. The van der Waals surface area contributed by atoms with E-state index < -0.39 is 0 Å². The molecule has 0 radical (unpaired) electrons. The molecule has 0 amide bonds. The minimum atomic E-state index is 0.0540. The highest BCUT2D eigenvalue weighted by molar-refractivity contribution is 5.87. The Kier molecular flexibility index (Phi) is 3.56. The maximum absolute atomic E-state index is 2.39. The third-order valence-electron chi connectivity index (χ3n) is 4.72. The molecule has 22 heavy (non-hydrogen) atoms. The van der Waals surface area contributed by atoms with Crippen LogP contribution in [-0.2, 0) is 5.41 Å². The summed E-state index contributed by atoms with van der Waals surface area (Å²) in [7, 11) is 0. The molecule has 0 saturated carbocycles. The fraction of sp³-hybridized carbons (Fsp3) is 0.273. The molecule has 0 aromatic heterocycles. The monoisotopic (exact) mass is 288 g/mol. The molecule has 0 bridgehead atoms. The maximum Gasteiger partial charge on any atom is 0.0152 e. The van der Waals surface area contributed by atoms with Crippen molar-refractivity contribution in [2.45, 2.75) is 40.0 Å². The van der Waals surface area contributed by atoms with Gasteiger partial charge in [-0.05, 0) is 54.7 Å². The maximum atomic E-state index is 2.39. The van der Waals surface area contributed by atoms with Crippen LogP contribution < -0.4 is 0 Å². The molecule has 2 aromatic rings. The van der Waals surface area contributed by atoms with Gasteiger partial charge >= 0.3 is 0 Å². The Morgan fingerprint density at radius 3 is 2.23 bits per heavy atom. The highest BCUT2D eigenvalue weighted by atomic mass is 14.4. The average Bonchev–Trinajstić information content (AvgIpc) is 2.48. The molecular formula is C22H24. The van der Waals surface area contributed by atoms with E-state index in [4.69, 9.17) is 0 Å². The van der Waals surface area contributed by atoms with Crippen molar-refractivity contribution in [2.24, 2.45) is 0 Å². The van der Waals surface area contributed by atoms with Gasteiger partial charge in [-0.15, -0.1) is 0 Å². The minimum absolute atomic E-state index is 0.0540. The lowest BCUT2D eigenvalue weighted by molar-refractivity contribution is 0.624. The summed E-state index contributed by atoms with van der Waals surface area (Å²) in [6.07, 6.45) is 2.39. The normalized spacial score (nSPS) is 16.0. The SMILES string of the molecule is CC(C)=C1C=C(c2ccccc2)c2ccc(C)cc2C1(C)C. The lowest BCUT2D eigenvalue weighted by atomic mass is 9.67. The Balaban J connectivity index is 2.34. The first-order valence-corrected chi connectivity index (χ1v) is 7.98. The molecule has 0 heterocycles. The van der Waals surface area contributed by atoms with E-state index in [1.807, 2.05) is 0 Å². The zero-order valence-electron chi connectivity index (χ0n) is 14.2. The Hall–Kier alpha value is -2.08. The molecule has 3 rings (SSSR count). The second kappa shape index (κ2) is 5.28. The van der Waals surface area contributed by atoms with Crippen molar-refractivity contribution in [1.82, 2.24) is 0 Å². The van der Waals surface area contributed by atoms with Gasteiger partial charge in [0.15, 0.2) is 0 Å². The Labute approximate surface area is 134 Å². The fourth-order valence-electron chi connectivity index (χ4n) is 3.58. The summed E-state index contributed by atoms with van der Waals surface area (Å²) in [4.78, 5) is 0. The first-order chi connectivity index (χ1) is 10.4. The summed E-state index contributed by atoms with van der Waals surface area (Å²) in [5.41, 5.74) is 9.65. The van der Waals surface area contributed by atoms with Crippen LogP contribution in [0.4, 0.5) is 0 Å². The number of rotatable bonds is 1. The highest BCUT2D eigenvalue weighted by Crippen LogP contribution is 2.45. The number of fused-ring (bicyclic) bond motifs is 1. The third kappa shape index (κ3) is 2.33. The van der Waals surface area contributed by atoms with Gasteiger partial charge in [0.05, 0.1) is 0 Å². The molecule has 1 aliphatic carbocycles. The zero-order chi connectivity index (χ0) is 15.9. The van der Waals surface area contributed by atoms with E-state index in [-0.39, 0.29) is 5.41 Å². The number of hydrogen-bond acceptors (Lipinski definition) is 0. The Morgan fingerprint density at radius 1 is 0.909 bits per heavy atom. The van der Waals surface area contributed by atoms with Crippen LogP contribution >= 0.6 is 0 Å². The van der Waals surface area contributed by atoms with Gasteiger partial charge in [0, 0.05) is 5.41 Å². The standard InChI is InChI=1S/C22H24/c1-15(2)20-14-19(17-9-7-6-8-10-17)18-12-11-16(3)13-21(18)22(20,4)5/h6-14H,1-5H3. The van der Waals surface area contributed by atoms with Gasteiger partial charge in [0.25, 0.3) is 0 Å². The molecule has 0 N–H and O–H groups in total. The smallest absolute Gasteiger partial charge is 0.0152 e. The summed E-state index contributed by atoms with van der Waals surface area (Å²) in [6.45, 7) is 11.3. The molecule has 0 atom stereocenters. The van der Waals surface area contributed by atoms with Crippen LogP contribution in [0.3, 0.4) is 0 Å². The zero-order valence-corrected chi connectivity index (χ0v) is 14.2. The van der Waals surface area contributed by atoms with Crippen LogP contribution in [0.25, 0.3) is 5.57 Å². The van der Waals surface area contributed by atoms with E-state index in [1.165, 1.54) is 39.0 Å². The van der Waals surface area contributed by atoms with Gasteiger partial charge in [0.1, 0.15) is 0 Å². The van der Waals surface area contributed by atoms with E-state index in [0.717, 1.165) is 0 Å². The van der Waals surface area contributed by atoms with E-state index in [0.29, 0.717) is 0 Å². The summed E-state index contributed by atoms with van der Waals surface area (Å²) < 4.78 is 0. The molecule has 0 saturated heterocycles. The predicted molar refractivity (Wildman–Crippen MR) is 96.1 cm³/mol. The molecule has 0 aliphatic heterocycles. The number of aryl methyl sites for hydroxylation is 1. The van der Waals surface area contributed by atoms with Crippen molar-refractivity contribution >= 4 is 5.57 Å².